The second kappa shape index (κ2) is 5.04. The van der Waals surface area contributed by atoms with Gasteiger partial charge in [-0.3, -0.25) is 0 Å². The number of hydrogen-bond donors (Lipinski definition) is 0. The first-order valence-electron chi connectivity index (χ1n) is 5.35. The maximum Gasteiger partial charge on any atom is 0.119 e. The summed E-state index contributed by atoms with van der Waals surface area (Å²) in [6, 6.07) is 6.44. The second-order valence-electron chi connectivity index (χ2n) is 4.21. The van der Waals surface area contributed by atoms with Crippen LogP contribution in [-0.4, -0.2) is 6.61 Å². The van der Waals surface area contributed by atoms with Crippen LogP contribution in [0.2, 0.25) is 0 Å². The number of aryl methyl sites for hydroxylation is 2. The maximum atomic E-state index is 5.69. The number of benzene rings is 1. The van der Waals surface area contributed by atoms with Gasteiger partial charge in [0.1, 0.15) is 5.75 Å². The Balaban J connectivity index is 2.71. The van der Waals surface area contributed by atoms with Gasteiger partial charge in [0, 0.05) is 0 Å². The van der Waals surface area contributed by atoms with Crippen LogP contribution in [0.5, 0.6) is 5.75 Å². The summed E-state index contributed by atoms with van der Waals surface area (Å²) in [4.78, 5) is 0. The molecule has 0 saturated carbocycles. The average Bonchev–Trinajstić information content (AvgIpc) is 2.14. The fourth-order valence-electron chi connectivity index (χ4n) is 1.37. The molecule has 0 saturated heterocycles. The van der Waals surface area contributed by atoms with E-state index in [2.05, 4.69) is 45.9 Å². The summed E-state index contributed by atoms with van der Waals surface area (Å²) in [5, 5.41) is 0. The molecule has 0 unspecified atom stereocenters. The van der Waals surface area contributed by atoms with Crippen LogP contribution >= 0.6 is 0 Å². The molecule has 0 N–H and O–H groups in total. The maximum absolute atomic E-state index is 5.69. The minimum absolute atomic E-state index is 0.584. The third kappa shape index (κ3) is 3.41. The third-order valence-corrected chi connectivity index (χ3v) is 2.10. The van der Waals surface area contributed by atoms with E-state index in [1.54, 1.807) is 0 Å². The molecule has 1 heteroatoms. The highest BCUT2D eigenvalue weighted by molar-refractivity contribution is 5.33. The lowest BCUT2D eigenvalue weighted by Crippen LogP contribution is -2.04. The van der Waals surface area contributed by atoms with Gasteiger partial charge < -0.3 is 4.74 Å². The molecular weight excluding hydrogens is 172 g/mol. The smallest absolute Gasteiger partial charge is 0.119 e. The fraction of sp³-hybridized carbons (Fsp3) is 0.538. The Morgan fingerprint density at radius 2 is 1.93 bits per heavy atom. The normalized spacial score (nSPS) is 10.6. The highest BCUT2D eigenvalue weighted by Crippen LogP contribution is 2.17. The topological polar surface area (TPSA) is 9.23 Å². The zero-order valence-electron chi connectivity index (χ0n) is 9.63. The summed E-state index contributed by atoms with van der Waals surface area (Å²) in [6.07, 6.45) is 1.07. The first-order chi connectivity index (χ1) is 6.61. The van der Waals surface area contributed by atoms with Crippen LogP contribution < -0.4 is 4.74 Å². The summed E-state index contributed by atoms with van der Waals surface area (Å²) < 4.78 is 5.69. The molecule has 0 aromatic heterocycles. The first kappa shape index (κ1) is 11.1. The zero-order valence-corrected chi connectivity index (χ0v) is 9.63. The van der Waals surface area contributed by atoms with Crippen LogP contribution in [0.1, 0.15) is 31.9 Å². The minimum Gasteiger partial charge on any atom is -0.493 e. The molecular formula is C13H20O. The Morgan fingerprint density at radius 1 is 1.21 bits per heavy atom. The van der Waals surface area contributed by atoms with Crippen molar-refractivity contribution in [3.63, 3.8) is 0 Å². The SMILES string of the molecule is CCc1cc(C)cc(OCC(C)C)c1. The number of rotatable bonds is 4. The summed E-state index contributed by atoms with van der Waals surface area (Å²) in [7, 11) is 0. The molecule has 1 rings (SSSR count). The molecule has 78 valence electrons. The quantitative estimate of drug-likeness (QED) is 0.708. The predicted molar refractivity (Wildman–Crippen MR) is 60.9 cm³/mol. The van der Waals surface area contributed by atoms with Gasteiger partial charge in [-0.2, -0.15) is 0 Å². The van der Waals surface area contributed by atoms with E-state index >= 15 is 0 Å². The van der Waals surface area contributed by atoms with E-state index in [1.807, 2.05) is 0 Å². The molecule has 0 amide bonds. The van der Waals surface area contributed by atoms with Crippen molar-refractivity contribution in [3.8, 4) is 5.75 Å². The Hall–Kier alpha value is -0.980. The van der Waals surface area contributed by atoms with E-state index in [0.29, 0.717) is 5.92 Å². The van der Waals surface area contributed by atoms with Gasteiger partial charge in [0.15, 0.2) is 0 Å². The van der Waals surface area contributed by atoms with E-state index in [9.17, 15) is 0 Å². The van der Waals surface area contributed by atoms with Gasteiger partial charge in [0.05, 0.1) is 6.61 Å². The fourth-order valence-corrected chi connectivity index (χ4v) is 1.37. The summed E-state index contributed by atoms with van der Waals surface area (Å²) >= 11 is 0. The van der Waals surface area contributed by atoms with Crippen LogP contribution in [0.4, 0.5) is 0 Å². The molecule has 0 aliphatic heterocycles. The average molecular weight is 192 g/mol. The summed E-state index contributed by atoms with van der Waals surface area (Å²) in [5.74, 6) is 1.59. The van der Waals surface area contributed by atoms with Crippen molar-refractivity contribution in [2.75, 3.05) is 6.61 Å². The highest BCUT2D eigenvalue weighted by Gasteiger charge is 1.99. The lowest BCUT2D eigenvalue weighted by Gasteiger charge is -2.10. The van der Waals surface area contributed by atoms with E-state index in [4.69, 9.17) is 4.74 Å². The molecule has 0 aliphatic rings. The molecule has 0 bridgehead atoms. The Bertz CT molecular complexity index is 289. The van der Waals surface area contributed by atoms with Crippen LogP contribution in [0, 0.1) is 12.8 Å². The molecule has 0 fully saturated rings. The molecule has 0 spiro atoms. The van der Waals surface area contributed by atoms with Gasteiger partial charge in [-0.05, 0) is 42.5 Å². The van der Waals surface area contributed by atoms with Crippen molar-refractivity contribution >= 4 is 0 Å². The van der Waals surface area contributed by atoms with Gasteiger partial charge in [-0.25, -0.2) is 0 Å². The zero-order chi connectivity index (χ0) is 10.6. The number of hydrogen-bond acceptors (Lipinski definition) is 1. The van der Waals surface area contributed by atoms with Crippen LogP contribution in [-0.2, 0) is 6.42 Å². The van der Waals surface area contributed by atoms with Crippen molar-refractivity contribution in [1.82, 2.24) is 0 Å². The van der Waals surface area contributed by atoms with E-state index in [-0.39, 0.29) is 0 Å². The van der Waals surface area contributed by atoms with Crippen LogP contribution in [0.25, 0.3) is 0 Å². The summed E-state index contributed by atoms with van der Waals surface area (Å²) in [6.45, 7) is 9.40. The highest BCUT2D eigenvalue weighted by atomic mass is 16.5. The van der Waals surface area contributed by atoms with E-state index < -0.39 is 0 Å². The van der Waals surface area contributed by atoms with Gasteiger partial charge >= 0.3 is 0 Å². The molecule has 0 aliphatic carbocycles. The molecule has 1 aromatic carbocycles. The Labute approximate surface area is 87.1 Å². The van der Waals surface area contributed by atoms with Crippen molar-refractivity contribution < 1.29 is 4.74 Å². The minimum atomic E-state index is 0.584. The molecule has 1 nitrogen and oxygen atoms in total. The Kier molecular flexibility index (Phi) is 3.99. The number of ether oxygens (including phenoxy) is 1. The summed E-state index contributed by atoms with van der Waals surface area (Å²) in [5.41, 5.74) is 2.63. The van der Waals surface area contributed by atoms with Gasteiger partial charge in [0.25, 0.3) is 0 Å². The van der Waals surface area contributed by atoms with Crippen molar-refractivity contribution in [1.29, 1.82) is 0 Å². The molecule has 0 atom stereocenters. The molecule has 1 aromatic rings. The lowest BCUT2D eigenvalue weighted by molar-refractivity contribution is 0.270. The van der Waals surface area contributed by atoms with Crippen LogP contribution in [0.15, 0.2) is 18.2 Å². The second-order valence-corrected chi connectivity index (χ2v) is 4.21. The third-order valence-electron chi connectivity index (χ3n) is 2.10. The van der Waals surface area contributed by atoms with Gasteiger partial charge in [0.2, 0.25) is 0 Å². The molecule has 0 radical (unpaired) electrons. The Morgan fingerprint density at radius 3 is 2.50 bits per heavy atom. The van der Waals surface area contributed by atoms with Gasteiger partial charge in [-0.15, -0.1) is 0 Å². The van der Waals surface area contributed by atoms with Gasteiger partial charge in [-0.1, -0.05) is 26.8 Å². The standard InChI is InChI=1S/C13H20O/c1-5-12-6-11(4)7-13(8-12)14-9-10(2)3/h6-8,10H,5,9H2,1-4H3. The van der Waals surface area contributed by atoms with Crippen molar-refractivity contribution in [3.05, 3.63) is 29.3 Å². The molecule has 14 heavy (non-hydrogen) atoms. The molecule has 0 heterocycles. The predicted octanol–water partition coefficient (Wildman–Crippen LogP) is 3.59. The van der Waals surface area contributed by atoms with E-state index in [1.165, 1.54) is 11.1 Å². The van der Waals surface area contributed by atoms with E-state index in [0.717, 1.165) is 18.8 Å². The lowest BCUT2D eigenvalue weighted by atomic mass is 10.1. The first-order valence-corrected chi connectivity index (χ1v) is 5.35. The van der Waals surface area contributed by atoms with Crippen LogP contribution in [0.3, 0.4) is 0 Å². The monoisotopic (exact) mass is 192 g/mol. The van der Waals surface area contributed by atoms with Crippen molar-refractivity contribution in [2.45, 2.75) is 34.1 Å². The van der Waals surface area contributed by atoms with Crippen molar-refractivity contribution in [2.24, 2.45) is 5.92 Å². The largest absolute Gasteiger partial charge is 0.493 e.